The Kier molecular flexibility index (Phi) is 7.57. The monoisotopic (exact) mass is 486 g/mol. The van der Waals surface area contributed by atoms with Gasteiger partial charge in [-0.25, -0.2) is 8.42 Å². The number of amides is 1. The van der Waals surface area contributed by atoms with E-state index in [1.165, 1.54) is 44.6 Å². The minimum Gasteiger partial charge on any atom is -0.481 e. The van der Waals surface area contributed by atoms with E-state index in [4.69, 9.17) is 14.2 Å². The zero-order chi connectivity index (χ0) is 24.9. The van der Waals surface area contributed by atoms with Crippen LogP contribution < -0.4 is 24.2 Å². The molecule has 0 aliphatic heterocycles. The average Bonchev–Trinajstić information content (AvgIpc) is 2.81. The molecule has 1 heterocycles. The summed E-state index contributed by atoms with van der Waals surface area (Å²) < 4.78 is 43.7. The van der Waals surface area contributed by atoms with E-state index in [1.54, 1.807) is 6.92 Å². The number of anilines is 2. The van der Waals surface area contributed by atoms with Crippen molar-refractivity contribution in [2.45, 2.75) is 31.8 Å². The van der Waals surface area contributed by atoms with Crippen molar-refractivity contribution in [1.29, 1.82) is 0 Å². The number of rotatable bonds is 9. The molecular weight excluding hydrogens is 460 g/mol. The molecule has 2 N–H and O–H groups in total. The maximum Gasteiger partial charge on any atom is 0.321 e. The number of carbonyl (C=O) groups excluding carboxylic acids is 1. The minimum atomic E-state index is -3.96. The van der Waals surface area contributed by atoms with E-state index >= 15 is 0 Å². The number of hydrogen-bond donors (Lipinski definition) is 2. The Morgan fingerprint density at radius 2 is 1.62 bits per heavy atom. The number of carbonyl (C=O) groups is 1. The molecule has 0 saturated heterocycles. The molecule has 0 fully saturated rings. The van der Waals surface area contributed by atoms with Gasteiger partial charge >= 0.3 is 6.01 Å². The minimum absolute atomic E-state index is 0.0152. The number of methoxy groups -OCH3 is 2. The summed E-state index contributed by atoms with van der Waals surface area (Å²) in [5, 5.41) is 2.73. The number of hydrogen-bond acceptors (Lipinski definition) is 8. The van der Waals surface area contributed by atoms with Crippen LogP contribution in [0.25, 0.3) is 0 Å². The van der Waals surface area contributed by atoms with E-state index in [9.17, 15) is 13.2 Å². The number of aromatic nitrogens is 2. The second kappa shape index (κ2) is 10.4. The lowest BCUT2D eigenvalue weighted by Crippen LogP contribution is -2.30. The van der Waals surface area contributed by atoms with Crippen molar-refractivity contribution < 1.29 is 27.4 Å². The highest BCUT2D eigenvalue weighted by molar-refractivity contribution is 7.92. The molecule has 0 aliphatic rings. The van der Waals surface area contributed by atoms with Gasteiger partial charge in [0.1, 0.15) is 5.75 Å². The SMILES string of the molecule is COc1cc(NS(=O)(=O)c2ccc(NC(=O)C(C)Oc3c(C)cccc3C)cc2)nc(OC)n1. The molecule has 10 nitrogen and oxygen atoms in total. The van der Waals surface area contributed by atoms with Gasteiger partial charge in [-0.05, 0) is 56.2 Å². The van der Waals surface area contributed by atoms with Crippen molar-refractivity contribution >= 4 is 27.4 Å². The first-order valence-corrected chi connectivity index (χ1v) is 11.7. The number of aryl methyl sites for hydroxylation is 2. The first-order valence-electron chi connectivity index (χ1n) is 10.3. The van der Waals surface area contributed by atoms with Crippen molar-refractivity contribution in [3.8, 4) is 17.6 Å². The Morgan fingerprint density at radius 3 is 2.21 bits per heavy atom. The third-order valence-electron chi connectivity index (χ3n) is 4.82. The lowest BCUT2D eigenvalue weighted by Gasteiger charge is -2.18. The summed E-state index contributed by atoms with van der Waals surface area (Å²) in [6.07, 6.45) is -0.757. The number of benzene rings is 2. The molecule has 1 aromatic heterocycles. The molecule has 0 saturated carbocycles. The number of nitrogens with zero attached hydrogens (tertiary/aromatic N) is 2. The summed E-state index contributed by atoms with van der Waals surface area (Å²) in [5.41, 5.74) is 2.28. The molecular formula is C23H26N4O6S. The Labute approximate surface area is 198 Å². The van der Waals surface area contributed by atoms with Gasteiger partial charge in [-0.1, -0.05) is 18.2 Å². The van der Waals surface area contributed by atoms with Crippen molar-refractivity contribution in [1.82, 2.24) is 9.97 Å². The molecule has 0 spiro atoms. The zero-order valence-corrected chi connectivity index (χ0v) is 20.3. The van der Waals surface area contributed by atoms with Crippen LogP contribution in [0, 0.1) is 13.8 Å². The van der Waals surface area contributed by atoms with Crippen molar-refractivity contribution in [2.24, 2.45) is 0 Å². The topological polar surface area (TPSA) is 129 Å². The van der Waals surface area contributed by atoms with Gasteiger partial charge in [0.2, 0.25) is 5.88 Å². The normalized spacial score (nSPS) is 11.9. The number of nitrogens with one attached hydrogen (secondary N) is 2. The second-order valence-corrected chi connectivity index (χ2v) is 9.06. The summed E-state index contributed by atoms with van der Waals surface area (Å²) >= 11 is 0. The standard InChI is InChI=1S/C23H26N4O6S/c1-14-7-6-8-15(2)21(14)33-16(3)22(28)24-17-9-11-18(12-10-17)34(29,30)27-19-13-20(31-4)26-23(25-19)32-5/h6-13,16H,1-5H3,(H,24,28)(H,25,26,27). The molecule has 0 bridgehead atoms. The highest BCUT2D eigenvalue weighted by Gasteiger charge is 2.19. The first-order chi connectivity index (χ1) is 16.1. The molecule has 1 unspecified atom stereocenters. The van der Waals surface area contributed by atoms with Gasteiger partial charge in [0.15, 0.2) is 11.9 Å². The van der Waals surface area contributed by atoms with E-state index in [-0.39, 0.29) is 28.5 Å². The van der Waals surface area contributed by atoms with Crippen molar-refractivity contribution in [3.05, 3.63) is 59.7 Å². The van der Waals surface area contributed by atoms with Crippen molar-refractivity contribution in [3.63, 3.8) is 0 Å². The summed E-state index contributed by atoms with van der Waals surface area (Å²) in [4.78, 5) is 20.4. The van der Waals surface area contributed by atoms with Gasteiger partial charge in [-0.3, -0.25) is 9.52 Å². The van der Waals surface area contributed by atoms with E-state index in [0.717, 1.165) is 11.1 Å². The fraction of sp³-hybridized carbons (Fsp3) is 0.261. The average molecular weight is 487 g/mol. The predicted molar refractivity (Wildman–Crippen MR) is 127 cm³/mol. The fourth-order valence-corrected chi connectivity index (χ4v) is 4.02. The van der Waals surface area contributed by atoms with Gasteiger partial charge < -0.3 is 19.5 Å². The quantitative estimate of drug-likeness (QED) is 0.471. The first kappa shape index (κ1) is 24.8. The van der Waals surface area contributed by atoms with Gasteiger partial charge in [0, 0.05) is 11.8 Å². The Bertz CT molecular complexity index is 1240. The number of sulfonamides is 1. The fourth-order valence-electron chi connectivity index (χ4n) is 3.03. The molecule has 1 atom stereocenters. The van der Waals surface area contributed by atoms with Crippen LogP contribution in [-0.2, 0) is 14.8 Å². The van der Waals surface area contributed by atoms with E-state index < -0.39 is 16.1 Å². The van der Waals surface area contributed by atoms with E-state index in [1.807, 2.05) is 32.0 Å². The van der Waals surface area contributed by atoms with Crippen LogP contribution in [0.1, 0.15) is 18.1 Å². The Morgan fingerprint density at radius 1 is 0.971 bits per heavy atom. The van der Waals surface area contributed by atoms with Gasteiger partial charge in [-0.2, -0.15) is 9.97 Å². The summed E-state index contributed by atoms with van der Waals surface area (Å²) in [7, 11) is -1.22. The molecule has 3 aromatic rings. The molecule has 0 radical (unpaired) electrons. The molecule has 0 aliphatic carbocycles. The Hall–Kier alpha value is -3.86. The highest BCUT2D eigenvalue weighted by Crippen LogP contribution is 2.24. The maximum absolute atomic E-state index is 12.7. The van der Waals surface area contributed by atoms with Crippen LogP contribution in [0.5, 0.6) is 17.6 Å². The summed E-state index contributed by atoms with van der Waals surface area (Å²) in [6, 6.07) is 12.7. The lowest BCUT2D eigenvalue weighted by molar-refractivity contribution is -0.122. The highest BCUT2D eigenvalue weighted by atomic mass is 32.2. The largest absolute Gasteiger partial charge is 0.481 e. The second-order valence-electron chi connectivity index (χ2n) is 7.38. The zero-order valence-electron chi connectivity index (χ0n) is 19.4. The van der Waals surface area contributed by atoms with Gasteiger partial charge in [0.25, 0.3) is 15.9 Å². The van der Waals surface area contributed by atoms with Crippen LogP contribution >= 0.6 is 0 Å². The number of ether oxygens (including phenoxy) is 3. The third kappa shape index (κ3) is 5.93. The number of para-hydroxylation sites is 1. The van der Waals surface area contributed by atoms with E-state index in [2.05, 4.69) is 20.0 Å². The predicted octanol–water partition coefficient (Wildman–Crippen LogP) is 3.32. The summed E-state index contributed by atoms with van der Waals surface area (Å²) in [6.45, 7) is 5.47. The molecule has 1 amide bonds. The maximum atomic E-state index is 12.7. The molecule has 34 heavy (non-hydrogen) atoms. The Balaban J connectivity index is 1.69. The van der Waals surface area contributed by atoms with Crippen LogP contribution in [0.3, 0.4) is 0 Å². The smallest absolute Gasteiger partial charge is 0.321 e. The lowest BCUT2D eigenvalue weighted by atomic mass is 10.1. The molecule has 180 valence electrons. The van der Waals surface area contributed by atoms with Gasteiger partial charge in [-0.15, -0.1) is 0 Å². The van der Waals surface area contributed by atoms with Crippen LogP contribution in [0.4, 0.5) is 11.5 Å². The summed E-state index contributed by atoms with van der Waals surface area (Å²) in [5.74, 6) is 0.422. The molecule has 3 rings (SSSR count). The van der Waals surface area contributed by atoms with Gasteiger partial charge in [0.05, 0.1) is 19.1 Å². The van der Waals surface area contributed by atoms with Crippen LogP contribution in [-0.4, -0.2) is 44.6 Å². The molecule has 2 aromatic carbocycles. The van der Waals surface area contributed by atoms with Crippen molar-refractivity contribution in [2.75, 3.05) is 24.3 Å². The molecule has 11 heteroatoms. The van der Waals surface area contributed by atoms with E-state index in [0.29, 0.717) is 11.4 Å². The third-order valence-corrected chi connectivity index (χ3v) is 6.19. The van der Waals surface area contributed by atoms with Crippen LogP contribution in [0.15, 0.2) is 53.4 Å². The van der Waals surface area contributed by atoms with Crippen LogP contribution in [0.2, 0.25) is 0 Å².